The highest BCUT2D eigenvalue weighted by atomic mass is 16.2. The third-order valence-electron chi connectivity index (χ3n) is 3.59. The largest absolute Gasteiger partial charge is 0.326 e. The van der Waals surface area contributed by atoms with Crippen LogP contribution in [-0.4, -0.2) is 21.7 Å². The van der Waals surface area contributed by atoms with E-state index in [1.54, 1.807) is 35.1 Å². The Balaban J connectivity index is 1.46. The van der Waals surface area contributed by atoms with E-state index in [-0.39, 0.29) is 11.9 Å². The molecule has 0 saturated heterocycles. The molecule has 3 rings (SSSR count). The van der Waals surface area contributed by atoms with Crippen LogP contribution in [0.1, 0.15) is 6.42 Å². The molecule has 3 aromatic rings. The topological polar surface area (TPSA) is 88.1 Å². The summed E-state index contributed by atoms with van der Waals surface area (Å²) in [7, 11) is 0. The van der Waals surface area contributed by atoms with Crippen molar-refractivity contribution in [1.82, 2.24) is 9.78 Å². The number of amides is 3. The van der Waals surface area contributed by atoms with Crippen molar-refractivity contribution >= 4 is 29.0 Å². The van der Waals surface area contributed by atoms with E-state index in [0.717, 1.165) is 0 Å². The molecule has 3 N–H and O–H groups in total. The highest BCUT2D eigenvalue weighted by molar-refractivity contribution is 6.00. The van der Waals surface area contributed by atoms with Crippen molar-refractivity contribution in [3.8, 4) is 0 Å². The predicted molar refractivity (Wildman–Crippen MR) is 101 cm³/mol. The average Bonchev–Trinajstić information content (AvgIpc) is 3.16. The maximum atomic E-state index is 11.9. The van der Waals surface area contributed by atoms with E-state index >= 15 is 0 Å². The Hall–Kier alpha value is -3.61. The second-order valence-electron chi connectivity index (χ2n) is 5.59. The van der Waals surface area contributed by atoms with Crippen LogP contribution in [0.3, 0.4) is 0 Å². The van der Waals surface area contributed by atoms with E-state index in [1.165, 1.54) is 0 Å². The van der Waals surface area contributed by atoms with Gasteiger partial charge in [0.2, 0.25) is 5.91 Å². The van der Waals surface area contributed by atoms with Crippen LogP contribution < -0.4 is 16.0 Å². The van der Waals surface area contributed by atoms with Crippen molar-refractivity contribution in [1.29, 1.82) is 0 Å². The van der Waals surface area contributed by atoms with Gasteiger partial charge in [-0.25, -0.2) is 4.79 Å². The lowest BCUT2D eigenvalue weighted by Crippen LogP contribution is -2.19. The predicted octanol–water partition coefficient (Wildman–Crippen LogP) is 3.56. The highest BCUT2D eigenvalue weighted by Crippen LogP contribution is 2.14. The molecule has 0 radical (unpaired) electrons. The van der Waals surface area contributed by atoms with E-state index in [0.29, 0.717) is 30.0 Å². The van der Waals surface area contributed by atoms with Gasteiger partial charge >= 0.3 is 6.03 Å². The lowest BCUT2D eigenvalue weighted by molar-refractivity contribution is -0.116. The van der Waals surface area contributed by atoms with Crippen molar-refractivity contribution in [2.45, 2.75) is 13.0 Å². The van der Waals surface area contributed by atoms with Gasteiger partial charge in [0.05, 0.1) is 0 Å². The number of aromatic nitrogens is 2. The summed E-state index contributed by atoms with van der Waals surface area (Å²) in [5.74, 6) is -0.0944. The summed E-state index contributed by atoms with van der Waals surface area (Å²) in [4.78, 5) is 23.9. The lowest BCUT2D eigenvalue weighted by atomic mass is 10.2. The molecule has 0 aliphatic carbocycles. The SMILES string of the molecule is O=C(CCn1cccn1)Nc1ccc(NC(=O)Nc2ccccc2)cc1. The number of nitrogens with one attached hydrogen (secondary N) is 3. The first kappa shape index (κ1) is 17.2. The molecule has 2 aromatic carbocycles. The molecule has 0 unspecified atom stereocenters. The number of benzene rings is 2. The van der Waals surface area contributed by atoms with Gasteiger partial charge in [-0.15, -0.1) is 0 Å². The molecule has 0 fully saturated rings. The van der Waals surface area contributed by atoms with Gasteiger partial charge in [0.1, 0.15) is 0 Å². The Morgan fingerprint density at radius 1 is 0.808 bits per heavy atom. The minimum absolute atomic E-state index is 0.0944. The van der Waals surface area contributed by atoms with Crippen LogP contribution in [0.15, 0.2) is 73.1 Å². The van der Waals surface area contributed by atoms with Crippen molar-refractivity contribution in [3.05, 3.63) is 73.1 Å². The lowest BCUT2D eigenvalue weighted by Gasteiger charge is -2.09. The number of anilines is 3. The fourth-order valence-corrected chi connectivity index (χ4v) is 2.32. The Bertz CT molecular complexity index is 845. The third kappa shape index (κ3) is 5.20. The Kier molecular flexibility index (Phi) is 5.61. The molecule has 0 bridgehead atoms. The molecule has 1 aromatic heterocycles. The van der Waals surface area contributed by atoms with Crippen molar-refractivity contribution < 1.29 is 9.59 Å². The fourth-order valence-electron chi connectivity index (χ4n) is 2.32. The van der Waals surface area contributed by atoms with Gasteiger partial charge in [-0.3, -0.25) is 9.48 Å². The second kappa shape index (κ2) is 8.48. The fraction of sp³-hybridized carbons (Fsp3) is 0.105. The molecule has 0 spiro atoms. The van der Waals surface area contributed by atoms with Gasteiger partial charge in [-0.1, -0.05) is 18.2 Å². The number of para-hydroxylation sites is 1. The molecular formula is C19H19N5O2. The van der Waals surface area contributed by atoms with E-state index in [2.05, 4.69) is 21.0 Å². The van der Waals surface area contributed by atoms with Gasteiger partial charge in [-0.2, -0.15) is 5.10 Å². The van der Waals surface area contributed by atoms with Crippen LogP contribution in [-0.2, 0) is 11.3 Å². The molecule has 1 heterocycles. The number of rotatable bonds is 6. The van der Waals surface area contributed by atoms with Crippen LogP contribution >= 0.6 is 0 Å². The molecule has 0 aliphatic heterocycles. The molecule has 132 valence electrons. The van der Waals surface area contributed by atoms with Gasteiger partial charge in [0.15, 0.2) is 0 Å². The van der Waals surface area contributed by atoms with E-state index in [4.69, 9.17) is 0 Å². The van der Waals surface area contributed by atoms with Crippen LogP contribution in [0.5, 0.6) is 0 Å². The minimum Gasteiger partial charge on any atom is -0.326 e. The molecule has 0 atom stereocenters. The zero-order valence-electron chi connectivity index (χ0n) is 14.1. The zero-order chi connectivity index (χ0) is 18.2. The van der Waals surface area contributed by atoms with Crippen molar-refractivity contribution in [2.24, 2.45) is 0 Å². The summed E-state index contributed by atoms with van der Waals surface area (Å²) in [5.41, 5.74) is 2.02. The minimum atomic E-state index is -0.327. The van der Waals surface area contributed by atoms with Gasteiger partial charge in [0.25, 0.3) is 0 Å². The number of nitrogens with zero attached hydrogens (tertiary/aromatic N) is 2. The van der Waals surface area contributed by atoms with Crippen molar-refractivity contribution in [3.63, 3.8) is 0 Å². The highest BCUT2D eigenvalue weighted by Gasteiger charge is 2.05. The number of carbonyl (C=O) groups is 2. The average molecular weight is 349 g/mol. The van der Waals surface area contributed by atoms with Gasteiger partial charge < -0.3 is 16.0 Å². The quantitative estimate of drug-likeness (QED) is 0.636. The summed E-state index contributed by atoms with van der Waals surface area (Å²) < 4.78 is 1.71. The Morgan fingerprint density at radius 2 is 1.42 bits per heavy atom. The summed E-state index contributed by atoms with van der Waals surface area (Å²) in [6, 6.07) is 17.6. The van der Waals surface area contributed by atoms with Crippen LogP contribution in [0.4, 0.5) is 21.9 Å². The smallest absolute Gasteiger partial charge is 0.323 e. The number of urea groups is 1. The second-order valence-corrected chi connectivity index (χ2v) is 5.59. The number of aryl methyl sites for hydroxylation is 1. The molecule has 3 amide bonds. The molecule has 7 nitrogen and oxygen atoms in total. The first-order valence-electron chi connectivity index (χ1n) is 8.19. The third-order valence-corrected chi connectivity index (χ3v) is 3.59. The first-order chi connectivity index (χ1) is 12.7. The monoisotopic (exact) mass is 349 g/mol. The standard InChI is InChI=1S/C19H19N5O2/c25-18(11-14-24-13-4-12-20-24)21-16-7-9-17(10-8-16)23-19(26)22-15-5-2-1-3-6-15/h1-10,12-13H,11,14H2,(H,21,25)(H2,22,23,26). The summed E-state index contributed by atoms with van der Waals surface area (Å²) in [6.07, 6.45) is 3.83. The molecular weight excluding hydrogens is 330 g/mol. The summed E-state index contributed by atoms with van der Waals surface area (Å²) in [5, 5.41) is 12.4. The molecule has 0 saturated carbocycles. The Labute approximate surface area is 151 Å². The van der Waals surface area contributed by atoms with E-state index in [9.17, 15) is 9.59 Å². The first-order valence-corrected chi connectivity index (χ1v) is 8.19. The van der Waals surface area contributed by atoms with E-state index in [1.807, 2.05) is 42.6 Å². The summed E-state index contributed by atoms with van der Waals surface area (Å²) in [6.45, 7) is 0.526. The maximum absolute atomic E-state index is 11.9. The zero-order valence-corrected chi connectivity index (χ0v) is 14.1. The molecule has 0 aliphatic rings. The molecule has 7 heteroatoms. The molecule has 26 heavy (non-hydrogen) atoms. The normalized spacial score (nSPS) is 10.2. The van der Waals surface area contributed by atoms with Crippen LogP contribution in [0.25, 0.3) is 0 Å². The summed E-state index contributed by atoms with van der Waals surface area (Å²) >= 11 is 0. The Morgan fingerprint density at radius 3 is 2.04 bits per heavy atom. The van der Waals surface area contributed by atoms with Crippen molar-refractivity contribution in [2.75, 3.05) is 16.0 Å². The van der Waals surface area contributed by atoms with Crippen LogP contribution in [0.2, 0.25) is 0 Å². The maximum Gasteiger partial charge on any atom is 0.323 e. The number of hydrogen-bond acceptors (Lipinski definition) is 3. The number of hydrogen-bond donors (Lipinski definition) is 3. The van der Waals surface area contributed by atoms with Crippen LogP contribution in [0, 0.1) is 0 Å². The van der Waals surface area contributed by atoms with E-state index < -0.39 is 0 Å². The van der Waals surface area contributed by atoms with Gasteiger partial charge in [-0.05, 0) is 42.5 Å². The van der Waals surface area contributed by atoms with Gasteiger partial charge in [0, 0.05) is 42.4 Å². The number of carbonyl (C=O) groups excluding carboxylic acids is 2.